The van der Waals surface area contributed by atoms with Gasteiger partial charge in [-0.1, -0.05) is 24.3 Å². The van der Waals surface area contributed by atoms with E-state index in [-0.39, 0.29) is 0 Å². The molecule has 1 saturated heterocycles. The lowest BCUT2D eigenvalue weighted by atomic mass is 9.98. The molecule has 1 aliphatic rings. The molecule has 2 rings (SSSR count). The Labute approximate surface area is 130 Å². The number of piperidine rings is 1. The minimum absolute atomic E-state index is 0.454. The van der Waals surface area contributed by atoms with Crippen LogP contribution in [-0.2, 0) is 0 Å². The molecule has 1 fully saturated rings. The molecule has 3 nitrogen and oxygen atoms in total. The fourth-order valence-corrected chi connectivity index (χ4v) is 3.45. The van der Waals surface area contributed by atoms with E-state index in [0.717, 1.165) is 19.0 Å². The van der Waals surface area contributed by atoms with Crippen molar-refractivity contribution in [2.24, 2.45) is 0 Å². The van der Waals surface area contributed by atoms with Gasteiger partial charge in [-0.05, 0) is 71.5 Å². The highest BCUT2D eigenvalue weighted by atomic mass is 15.2. The van der Waals surface area contributed by atoms with Crippen LogP contribution in [0.2, 0.25) is 0 Å². The lowest BCUT2D eigenvalue weighted by Crippen LogP contribution is -2.45. The Bertz CT molecular complexity index is 432. The van der Waals surface area contributed by atoms with Crippen molar-refractivity contribution < 1.29 is 0 Å². The molecule has 1 N–H and O–H groups in total. The van der Waals surface area contributed by atoms with Gasteiger partial charge in [0, 0.05) is 18.6 Å². The zero-order valence-corrected chi connectivity index (χ0v) is 14.1. The first kappa shape index (κ1) is 16.5. The number of benzene rings is 1. The lowest BCUT2D eigenvalue weighted by molar-refractivity contribution is 0.131. The highest BCUT2D eigenvalue weighted by Crippen LogP contribution is 2.21. The van der Waals surface area contributed by atoms with Crippen molar-refractivity contribution in [1.29, 1.82) is 0 Å². The fraction of sp³-hybridized carbons (Fsp3) is 0.667. The van der Waals surface area contributed by atoms with Crippen molar-refractivity contribution in [1.82, 2.24) is 15.1 Å². The molecule has 2 atom stereocenters. The first-order valence-corrected chi connectivity index (χ1v) is 8.23. The van der Waals surface area contributed by atoms with Crippen molar-refractivity contribution >= 4 is 0 Å². The number of hydrogen-bond acceptors (Lipinski definition) is 3. The van der Waals surface area contributed by atoms with Crippen LogP contribution < -0.4 is 5.32 Å². The van der Waals surface area contributed by atoms with E-state index in [1.165, 1.54) is 37.1 Å². The van der Waals surface area contributed by atoms with E-state index in [0.29, 0.717) is 6.04 Å². The number of rotatable bonds is 6. The van der Waals surface area contributed by atoms with Gasteiger partial charge in [0.15, 0.2) is 0 Å². The Balaban J connectivity index is 1.89. The van der Waals surface area contributed by atoms with E-state index in [4.69, 9.17) is 0 Å². The fourth-order valence-electron chi connectivity index (χ4n) is 3.45. The maximum atomic E-state index is 3.49. The van der Waals surface area contributed by atoms with Gasteiger partial charge < -0.3 is 15.1 Å². The maximum absolute atomic E-state index is 3.49. The minimum atomic E-state index is 0.454. The third kappa shape index (κ3) is 4.53. The monoisotopic (exact) mass is 289 g/mol. The number of nitrogens with zero attached hydrogens (tertiary/aromatic N) is 2. The van der Waals surface area contributed by atoms with Gasteiger partial charge in [-0.15, -0.1) is 0 Å². The van der Waals surface area contributed by atoms with Gasteiger partial charge in [-0.25, -0.2) is 0 Å². The topological polar surface area (TPSA) is 18.5 Å². The highest BCUT2D eigenvalue weighted by Gasteiger charge is 2.21. The molecule has 0 saturated carbocycles. The number of likely N-dealkylation sites (N-methyl/N-ethyl adjacent to an activating group) is 2. The molecule has 2 unspecified atom stereocenters. The number of likely N-dealkylation sites (tertiary alicyclic amines) is 1. The van der Waals surface area contributed by atoms with Gasteiger partial charge in [0.05, 0.1) is 0 Å². The van der Waals surface area contributed by atoms with E-state index in [9.17, 15) is 0 Å². The minimum Gasteiger partial charge on any atom is -0.313 e. The van der Waals surface area contributed by atoms with Crippen molar-refractivity contribution in [3.63, 3.8) is 0 Å². The average molecular weight is 289 g/mol. The second-order valence-corrected chi connectivity index (χ2v) is 6.53. The molecule has 0 aromatic heterocycles. The Morgan fingerprint density at radius 3 is 2.81 bits per heavy atom. The maximum Gasteiger partial charge on any atom is 0.0332 e. The molecule has 1 heterocycles. The summed E-state index contributed by atoms with van der Waals surface area (Å²) < 4.78 is 0. The molecular weight excluding hydrogens is 258 g/mol. The summed E-state index contributed by atoms with van der Waals surface area (Å²) in [6.45, 7) is 5.83. The Hall–Kier alpha value is -0.900. The van der Waals surface area contributed by atoms with E-state index >= 15 is 0 Å². The van der Waals surface area contributed by atoms with Crippen LogP contribution in [0.15, 0.2) is 24.3 Å². The summed E-state index contributed by atoms with van der Waals surface area (Å²) in [4.78, 5) is 5.01. The summed E-state index contributed by atoms with van der Waals surface area (Å²) in [5.41, 5.74) is 2.83. The predicted molar refractivity (Wildman–Crippen MR) is 90.7 cm³/mol. The standard InChI is InChI=1S/C18H31N3/c1-15-8-5-6-10-17(15)18(19-2)11-13-21(4)16-9-7-12-20(3)14-16/h5-6,8,10,16,18-19H,7,9,11-14H2,1-4H3. The molecule has 1 aromatic rings. The molecule has 0 aliphatic carbocycles. The van der Waals surface area contributed by atoms with E-state index < -0.39 is 0 Å². The summed E-state index contributed by atoms with van der Waals surface area (Å²) in [6, 6.07) is 9.90. The van der Waals surface area contributed by atoms with Crippen LogP contribution >= 0.6 is 0 Å². The van der Waals surface area contributed by atoms with E-state index in [2.05, 4.69) is 67.4 Å². The molecular formula is C18H31N3. The summed E-state index contributed by atoms with van der Waals surface area (Å²) in [5, 5.41) is 3.49. The lowest BCUT2D eigenvalue weighted by Gasteiger charge is -2.36. The normalized spacial score (nSPS) is 21.7. The average Bonchev–Trinajstić information content (AvgIpc) is 2.49. The van der Waals surface area contributed by atoms with Gasteiger partial charge in [0.1, 0.15) is 0 Å². The first-order valence-electron chi connectivity index (χ1n) is 8.23. The van der Waals surface area contributed by atoms with Crippen LogP contribution in [-0.4, -0.2) is 56.6 Å². The molecule has 3 heteroatoms. The molecule has 1 aliphatic heterocycles. The second kappa shape index (κ2) is 7.92. The van der Waals surface area contributed by atoms with Crippen molar-refractivity contribution in [2.45, 2.75) is 38.3 Å². The third-order valence-electron chi connectivity index (χ3n) is 4.91. The number of hydrogen-bond donors (Lipinski definition) is 1. The van der Waals surface area contributed by atoms with Gasteiger partial charge in [0.2, 0.25) is 0 Å². The first-order chi connectivity index (χ1) is 10.1. The number of nitrogens with one attached hydrogen (secondary N) is 1. The second-order valence-electron chi connectivity index (χ2n) is 6.53. The SMILES string of the molecule is CNC(CCN(C)C1CCCN(C)C1)c1ccccc1C. The summed E-state index contributed by atoms with van der Waals surface area (Å²) in [7, 11) is 6.60. The Kier molecular flexibility index (Phi) is 6.22. The molecule has 0 radical (unpaired) electrons. The molecule has 118 valence electrons. The van der Waals surface area contributed by atoms with Crippen molar-refractivity contribution in [2.75, 3.05) is 40.8 Å². The molecule has 0 amide bonds. The molecule has 0 bridgehead atoms. The van der Waals surface area contributed by atoms with E-state index in [1.54, 1.807) is 0 Å². The quantitative estimate of drug-likeness (QED) is 0.868. The van der Waals surface area contributed by atoms with Crippen LogP contribution in [0.1, 0.15) is 36.4 Å². The molecule has 1 aromatic carbocycles. The summed E-state index contributed by atoms with van der Waals surface area (Å²) >= 11 is 0. The van der Waals surface area contributed by atoms with Crippen LogP contribution in [0.5, 0.6) is 0 Å². The van der Waals surface area contributed by atoms with Crippen molar-refractivity contribution in [3.05, 3.63) is 35.4 Å². The van der Waals surface area contributed by atoms with Crippen LogP contribution in [0.4, 0.5) is 0 Å². The largest absolute Gasteiger partial charge is 0.313 e. The highest BCUT2D eigenvalue weighted by molar-refractivity contribution is 5.28. The summed E-state index contributed by atoms with van der Waals surface area (Å²) in [6.07, 6.45) is 3.84. The van der Waals surface area contributed by atoms with Crippen LogP contribution in [0, 0.1) is 6.92 Å². The van der Waals surface area contributed by atoms with Gasteiger partial charge >= 0.3 is 0 Å². The van der Waals surface area contributed by atoms with Gasteiger partial charge in [-0.2, -0.15) is 0 Å². The Morgan fingerprint density at radius 1 is 1.38 bits per heavy atom. The third-order valence-corrected chi connectivity index (χ3v) is 4.91. The van der Waals surface area contributed by atoms with Crippen molar-refractivity contribution in [3.8, 4) is 0 Å². The van der Waals surface area contributed by atoms with Gasteiger partial charge in [-0.3, -0.25) is 0 Å². The summed E-state index contributed by atoms with van der Waals surface area (Å²) in [5.74, 6) is 0. The molecule has 21 heavy (non-hydrogen) atoms. The van der Waals surface area contributed by atoms with E-state index in [1.807, 2.05) is 0 Å². The Morgan fingerprint density at radius 2 is 2.14 bits per heavy atom. The molecule has 0 spiro atoms. The van der Waals surface area contributed by atoms with Crippen LogP contribution in [0.25, 0.3) is 0 Å². The smallest absolute Gasteiger partial charge is 0.0332 e. The van der Waals surface area contributed by atoms with Gasteiger partial charge in [0.25, 0.3) is 0 Å². The zero-order chi connectivity index (χ0) is 15.2. The number of aryl methyl sites for hydroxylation is 1. The zero-order valence-electron chi connectivity index (χ0n) is 14.1. The van der Waals surface area contributed by atoms with Crippen LogP contribution in [0.3, 0.4) is 0 Å². The predicted octanol–water partition coefficient (Wildman–Crippen LogP) is 2.67.